The van der Waals surface area contributed by atoms with E-state index in [2.05, 4.69) is 17.6 Å². The molecule has 0 aliphatic heterocycles. The van der Waals surface area contributed by atoms with E-state index in [0.29, 0.717) is 17.5 Å². The lowest BCUT2D eigenvalue weighted by Crippen LogP contribution is -2.12. The molecule has 0 saturated heterocycles. The molecule has 6 nitrogen and oxygen atoms in total. The van der Waals surface area contributed by atoms with E-state index in [4.69, 9.17) is 16.3 Å². The van der Waals surface area contributed by atoms with E-state index in [1.54, 1.807) is 0 Å². The monoisotopic (exact) mass is 266 g/mol. The first kappa shape index (κ1) is 13.3. The van der Waals surface area contributed by atoms with Crippen LogP contribution in [-0.2, 0) is 22.4 Å². The highest BCUT2D eigenvalue weighted by Crippen LogP contribution is 2.22. The second kappa shape index (κ2) is 6.07. The third-order valence-electron chi connectivity index (χ3n) is 1.80. The zero-order chi connectivity index (χ0) is 12.1. The number of hydrogen-bond acceptors (Lipinski definition) is 4. The van der Waals surface area contributed by atoms with Crippen molar-refractivity contribution in [1.82, 2.24) is 9.78 Å². The molecule has 1 rings (SSSR count). The van der Waals surface area contributed by atoms with Crippen LogP contribution >= 0.6 is 11.6 Å². The van der Waals surface area contributed by atoms with Crippen molar-refractivity contribution in [1.29, 1.82) is 0 Å². The third-order valence-corrected chi connectivity index (χ3v) is 3.18. The second-order valence-corrected chi connectivity index (χ2v) is 6.04. The van der Waals surface area contributed by atoms with Gasteiger partial charge in [0.15, 0.2) is 0 Å². The molecule has 16 heavy (non-hydrogen) atoms. The van der Waals surface area contributed by atoms with Crippen molar-refractivity contribution in [3.8, 4) is 0 Å². The number of aromatic nitrogens is 2. The van der Waals surface area contributed by atoms with Gasteiger partial charge in [-0.05, 0) is 10.9 Å². The van der Waals surface area contributed by atoms with E-state index in [1.165, 1.54) is 4.68 Å². The summed E-state index contributed by atoms with van der Waals surface area (Å²) in [6.07, 6.45) is 5.36. The summed E-state index contributed by atoms with van der Waals surface area (Å²) in [5.41, 5.74) is -0.198. The molecule has 8 heteroatoms. The van der Waals surface area contributed by atoms with Gasteiger partial charge in [0.2, 0.25) is 5.15 Å². The molecule has 0 spiro atoms. The van der Waals surface area contributed by atoms with Crippen molar-refractivity contribution >= 4 is 28.2 Å². The SMILES string of the molecule is C[S+](C)CCOCn1ncc([N+](=O)[O-])c1Cl. The minimum Gasteiger partial charge on any atom is -0.354 e. The molecule has 0 aliphatic rings. The van der Waals surface area contributed by atoms with Crippen LogP contribution in [0.15, 0.2) is 6.20 Å². The Bertz CT molecular complexity index is 369. The molecule has 0 radical (unpaired) electrons. The minimum atomic E-state index is -0.568. The van der Waals surface area contributed by atoms with Gasteiger partial charge < -0.3 is 4.74 Å². The molecule has 1 heterocycles. The first-order valence-corrected chi connectivity index (χ1v) is 7.09. The number of halogens is 1. The predicted octanol–water partition coefficient (Wildman–Crippen LogP) is 1.30. The Labute approximate surface area is 101 Å². The Kier molecular flexibility index (Phi) is 5.04. The molecule has 0 fully saturated rings. The van der Waals surface area contributed by atoms with Crippen LogP contribution in [0.5, 0.6) is 0 Å². The largest absolute Gasteiger partial charge is 0.354 e. The van der Waals surface area contributed by atoms with Crippen LogP contribution in [0.3, 0.4) is 0 Å². The predicted molar refractivity (Wildman–Crippen MR) is 63.9 cm³/mol. The Morgan fingerprint density at radius 2 is 2.38 bits per heavy atom. The molecule has 0 aromatic carbocycles. The van der Waals surface area contributed by atoms with Crippen LogP contribution in [0.25, 0.3) is 0 Å². The summed E-state index contributed by atoms with van der Waals surface area (Å²) < 4.78 is 6.57. The van der Waals surface area contributed by atoms with E-state index in [-0.39, 0.29) is 17.6 Å². The van der Waals surface area contributed by atoms with Gasteiger partial charge >= 0.3 is 5.69 Å². The highest BCUT2D eigenvalue weighted by atomic mass is 35.5. The van der Waals surface area contributed by atoms with Crippen LogP contribution in [0.1, 0.15) is 0 Å². The van der Waals surface area contributed by atoms with Crippen molar-refractivity contribution in [3.63, 3.8) is 0 Å². The Morgan fingerprint density at radius 1 is 1.69 bits per heavy atom. The van der Waals surface area contributed by atoms with Crippen LogP contribution < -0.4 is 0 Å². The number of ether oxygens (including phenoxy) is 1. The summed E-state index contributed by atoms with van der Waals surface area (Å²) in [5, 5.41) is 14.3. The third kappa shape index (κ3) is 3.66. The lowest BCUT2D eigenvalue weighted by molar-refractivity contribution is -0.384. The lowest BCUT2D eigenvalue weighted by atomic mass is 10.6. The fourth-order valence-corrected chi connectivity index (χ4v) is 1.61. The van der Waals surface area contributed by atoms with Crippen LogP contribution in [0, 0.1) is 10.1 Å². The molecule has 0 saturated carbocycles. The summed E-state index contributed by atoms with van der Waals surface area (Å²) in [5.74, 6) is 0.959. The van der Waals surface area contributed by atoms with Gasteiger partial charge in [-0.15, -0.1) is 0 Å². The van der Waals surface area contributed by atoms with Crippen molar-refractivity contribution < 1.29 is 9.66 Å². The van der Waals surface area contributed by atoms with Gasteiger partial charge in [-0.3, -0.25) is 10.1 Å². The Balaban J connectivity index is 2.46. The van der Waals surface area contributed by atoms with Crippen LogP contribution in [0.4, 0.5) is 5.69 Å². The van der Waals surface area contributed by atoms with Gasteiger partial charge in [-0.1, -0.05) is 11.6 Å². The smallest absolute Gasteiger partial charge is 0.325 e. The molecule has 0 aliphatic carbocycles. The first-order valence-electron chi connectivity index (χ1n) is 4.50. The van der Waals surface area contributed by atoms with Gasteiger partial charge in [-0.2, -0.15) is 5.10 Å². The summed E-state index contributed by atoms with van der Waals surface area (Å²) in [7, 11) is 0.323. The number of rotatable bonds is 6. The average Bonchev–Trinajstić information content (AvgIpc) is 2.54. The standard InChI is InChI=1S/C8H13ClN3O3S/c1-16(2)4-3-15-6-11-8(9)7(5-10-11)12(13)14/h5H,3-4,6H2,1-2H3/q+1. The summed E-state index contributed by atoms with van der Waals surface area (Å²) >= 11 is 5.74. The maximum Gasteiger partial charge on any atom is 0.325 e. The second-order valence-electron chi connectivity index (χ2n) is 3.30. The van der Waals surface area contributed by atoms with Gasteiger partial charge in [-0.25, -0.2) is 4.68 Å². The van der Waals surface area contributed by atoms with Gasteiger partial charge in [0.05, 0.1) is 24.0 Å². The van der Waals surface area contributed by atoms with Gasteiger partial charge in [0.25, 0.3) is 0 Å². The fraction of sp³-hybridized carbons (Fsp3) is 0.625. The molecule has 0 bridgehead atoms. The molecule has 1 aromatic rings. The quantitative estimate of drug-likeness (QED) is 0.337. The first-order chi connectivity index (χ1) is 7.52. The summed E-state index contributed by atoms with van der Waals surface area (Å²) in [4.78, 5) is 9.91. The molecule has 0 unspecified atom stereocenters. The van der Waals surface area contributed by atoms with Crippen molar-refractivity contribution in [2.24, 2.45) is 0 Å². The van der Waals surface area contributed by atoms with Crippen molar-refractivity contribution in [2.75, 3.05) is 24.9 Å². The minimum absolute atomic E-state index is 0.00278. The fourth-order valence-electron chi connectivity index (χ4n) is 0.950. The zero-order valence-corrected chi connectivity index (χ0v) is 10.6. The Morgan fingerprint density at radius 3 is 2.88 bits per heavy atom. The molecule has 90 valence electrons. The van der Waals surface area contributed by atoms with Crippen LogP contribution in [-0.4, -0.2) is 39.6 Å². The van der Waals surface area contributed by atoms with Gasteiger partial charge in [0, 0.05) is 0 Å². The summed E-state index contributed by atoms with van der Waals surface area (Å²) in [6.45, 7) is 0.740. The Hall–Kier alpha value is -0.790. The number of nitrogens with zero attached hydrogens (tertiary/aromatic N) is 3. The molecular weight excluding hydrogens is 254 g/mol. The lowest BCUT2D eigenvalue weighted by Gasteiger charge is -2.03. The van der Waals surface area contributed by atoms with E-state index < -0.39 is 4.92 Å². The zero-order valence-electron chi connectivity index (χ0n) is 9.05. The van der Waals surface area contributed by atoms with E-state index in [1.807, 2.05) is 0 Å². The van der Waals surface area contributed by atoms with Crippen molar-refractivity contribution in [2.45, 2.75) is 6.73 Å². The van der Waals surface area contributed by atoms with E-state index in [0.717, 1.165) is 11.9 Å². The molecular formula is C8H13ClN3O3S+. The van der Waals surface area contributed by atoms with E-state index >= 15 is 0 Å². The topological polar surface area (TPSA) is 70.2 Å². The molecule has 0 N–H and O–H groups in total. The van der Waals surface area contributed by atoms with Crippen LogP contribution in [0.2, 0.25) is 5.15 Å². The maximum atomic E-state index is 10.5. The number of hydrogen-bond donors (Lipinski definition) is 0. The normalized spacial score (nSPS) is 11.0. The maximum absolute atomic E-state index is 10.5. The molecule has 0 atom stereocenters. The summed E-state index contributed by atoms with van der Waals surface area (Å²) in [6, 6.07) is 0. The van der Waals surface area contributed by atoms with E-state index in [9.17, 15) is 10.1 Å². The highest BCUT2D eigenvalue weighted by molar-refractivity contribution is 7.95. The van der Waals surface area contributed by atoms with Crippen molar-refractivity contribution in [3.05, 3.63) is 21.5 Å². The number of nitro groups is 1. The highest BCUT2D eigenvalue weighted by Gasteiger charge is 2.18. The molecule has 1 aromatic heterocycles. The molecule has 0 amide bonds. The van der Waals surface area contributed by atoms with Gasteiger partial charge in [0.1, 0.15) is 18.7 Å². The average molecular weight is 267 g/mol.